The normalized spacial score (nSPS) is 13.9. The minimum atomic E-state index is 0.647. The summed E-state index contributed by atoms with van der Waals surface area (Å²) in [6, 6.07) is 2.26. The van der Waals surface area contributed by atoms with Gasteiger partial charge < -0.3 is 14.5 Å². The molecule has 2 aromatic heterocycles. The Morgan fingerprint density at radius 2 is 2.42 bits per heavy atom. The van der Waals surface area contributed by atoms with Gasteiger partial charge in [0, 0.05) is 18.5 Å². The van der Waals surface area contributed by atoms with Gasteiger partial charge in [-0.3, -0.25) is 0 Å². The van der Waals surface area contributed by atoms with Crippen LogP contribution in [0.15, 0.2) is 16.7 Å². The largest absolute Gasteiger partial charge is 0.438 e. The number of ether oxygens (including phenoxy) is 1. The molecule has 0 radical (unpaired) electrons. The number of nitrogens with one attached hydrogen (secondary N) is 1. The van der Waals surface area contributed by atoms with E-state index >= 15 is 0 Å². The predicted molar refractivity (Wildman–Crippen MR) is 75.4 cm³/mol. The number of nitrogens with zero attached hydrogens (tertiary/aromatic N) is 1. The van der Waals surface area contributed by atoms with E-state index in [-0.39, 0.29) is 0 Å². The van der Waals surface area contributed by atoms with E-state index in [1.54, 1.807) is 7.11 Å². The Bertz CT molecular complexity index is 526. The van der Waals surface area contributed by atoms with E-state index in [9.17, 15) is 0 Å². The highest BCUT2D eigenvalue weighted by Crippen LogP contribution is 2.36. The molecule has 0 bridgehead atoms. The standard InChI is InChI=1S/C14H18N2O2S/c1-17-6-5-15-9-14-16-8-11(18-14)13-7-10-3-2-4-12(10)19-13/h7-8,15H,2-6,9H2,1H3. The Kier molecular flexibility index (Phi) is 3.96. The summed E-state index contributed by atoms with van der Waals surface area (Å²) < 4.78 is 10.8. The number of fused-ring (bicyclic) bond motifs is 1. The van der Waals surface area contributed by atoms with Crippen molar-refractivity contribution in [3.63, 3.8) is 0 Å². The zero-order valence-electron chi connectivity index (χ0n) is 11.1. The lowest BCUT2D eigenvalue weighted by Gasteiger charge is -1.99. The Hall–Kier alpha value is -1.17. The summed E-state index contributed by atoms with van der Waals surface area (Å²) in [5, 5.41) is 3.23. The first-order valence-corrected chi connectivity index (χ1v) is 7.45. The summed E-state index contributed by atoms with van der Waals surface area (Å²) >= 11 is 1.85. The number of aryl methyl sites for hydroxylation is 2. The molecule has 0 unspecified atom stereocenters. The molecule has 1 aliphatic rings. The van der Waals surface area contributed by atoms with Crippen LogP contribution in [0.5, 0.6) is 0 Å². The minimum Gasteiger partial charge on any atom is -0.438 e. The number of aromatic nitrogens is 1. The highest BCUT2D eigenvalue weighted by Gasteiger charge is 2.17. The maximum Gasteiger partial charge on any atom is 0.208 e. The molecular formula is C14H18N2O2S. The Labute approximate surface area is 116 Å². The van der Waals surface area contributed by atoms with Crippen LogP contribution in [-0.4, -0.2) is 25.2 Å². The molecule has 2 heterocycles. The lowest BCUT2D eigenvalue weighted by atomic mass is 10.2. The summed E-state index contributed by atoms with van der Waals surface area (Å²) in [6.07, 6.45) is 5.56. The van der Waals surface area contributed by atoms with Gasteiger partial charge in [0.05, 0.1) is 24.2 Å². The molecule has 0 amide bonds. The Morgan fingerprint density at radius 1 is 1.47 bits per heavy atom. The minimum absolute atomic E-state index is 0.647. The fourth-order valence-corrected chi connectivity index (χ4v) is 3.53. The number of hydrogen-bond donors (Lipinski definition) is 1. The molecule has 0 aliphatic heterocycles. The molecule has 0 atom stereocenters. The quantitative estimate of drug-likeness (QED) is 0.825. The maximum atomic E-state index is 5.78. The van der Waals surface area contributed by atoms with Gasteiger partial charge in [-0.2, -0.15) is 0 Å². The number of thiophene rings is 1. The first kappa shape index (κ1) is 12.8. The fraction of sp³-hybridized carbons (Fsp3) is 0.500. The second kappa shape index (κ2) is 5.86. The van der Waals surface area contributed by atoms with Crippen LogP contribution in [0.25, 0.3) is 10.6 Å². The van der Waals surface area contributed by atoms with Crippen LogP contribution in [-0.2, 0) is 24.1 Å². The van der Waals surface area contributed by atoms with Gasteiger partial charge in [0.2, 0.25) is 5.89 Å². The van der Waals surface area contributed by atoms with Crippen molar-refractivity contribution in [2.45, 2.75) is 25.8 Å². The van der Waals surface area contributed by atoms with E-state index < -0.39 is 0 Å². The van der Waals surface area contributed by atoms with Crippen LogP contribution in [0.3, 0.4) is 0 Å². The van der Waals surface area contributed by atoms with E-state index in [4.69, 9.17) is 9.15 Å². The third-order valence-corrected chi connectivity index (χ3v) is 4.55. The topological polar surface area (TPSA) is 47.3 Å². The SMILES string of the molecule is COCCNCc1ncc(-c2cc3c(s2)CCC3)o1. The number of methoxy groups -OCH3 is 1. The van der Waals surface area contributed by atoms with Gasteiger partial charge >= 0.3 is 0 Å². The lowest BCUT2D eigenvalue weighted by Crippen LogP contribution is -2.18. The highest BCUT2D eigenvalue weighted by atomic mass is 32.1. The number of hydrogen-bond acceptors (Lipinski definition) is 5. The molecule has 0 saturated carbocycles. The zero-order chi connectivity index (χ0) is 13.1. The summed E-state index contributed by atoms with van der Waals surface area (Å²) in [5.74, 6) is 1.63. The van der Waals surface area contributed by atoms with Crippen molar-refractivity contribution in [1.29, 1.82) is 0 Å². The van der Waals surface area contributed by atoms with Crippen LogP contribution in [0.2, 0.25) is 0 Å². The van der Waals surface area contributed by atoms with Crippen molar-refractivity contribution in [2.75, 3.05) is 20.3 Å². The summed E-state index contributed by atoms with van der Waals surface area (Å²) in [7, 11) is 1.70. The molecule has 0 saturated heterocycles. The second-order valence-corrected chi connectivity index (χ2v) is 5.84. The van der Waals surface area contributed by atoms with Gasteiger partial charge in [-0.15, -0.1) is 11.3 Å². The molecule has 0 aromatic carbocycles. The molecule has 5 heteroatoms. The van der Waals surface area contributed by atoms with Crippen LogP contribution in [0.1, 0.15) is 22.8 Å². The molecule has 1 N–H and O–H groups in total. The van der Waals surface area contributed by atoms with E-state index in [1.807, 2.05) is 17.5 Å². The number of oxazole rings is 1. The van der Waals surface area contributed by atoms with Crippen LogP contribution in [0.4, 0.5) is 0 Å². The molecule has 0 fully saturated rings. The van der Waals surface area contributed by atoms with Gasteiger partial charge in [-0.05, 0) is 30.9 Å². The van der Waals surface area contributed by atoms with Gasteiger partial charge in [0.1, 0.15) is 0 Å². The van der Waals surface area contributed by atoms with E-state index in [0.29, 0.717) is 13.2 Å². The molecule has 0 spiro atoms. The zero-order valence-corrected chi connectivity index (χ0v) is 11.9. The average molecular weight is 278 g/mol. The molecule has 19 heavy (non-hydrogen) atoms. The van der Waals surface area contributed by atoms with Crippen molar-refractivity contribution in [3.8, 4) is 10.6 Å². The van der Waals surface area contributed by atoms with E-state index in [1.165, 1.54) is 34.6 Å². The maximum absolute atomic E-state index is 5.78. The smallest absolute Gasteiger partial charge is 0.208 e. The first-order valence-electron chi connectivity index (χ1n) is 6.63. The van der Waals surface area contributed by atoms with Crippen molar-refractivity contribution in [3.05, 3.63) is 28.6 Å². The summed E-state index contributed by atoms with van der Waals surface area (Å²) in [4.78, 5) is 7.04. The van der Waals surface area contributed by atoms with Gasteiger partial charge in [-0.25, -0.2) is 4.98 Å². The molecule has 4 nitrogen and oxygen atoms in total. The summed E-state index contributed by atoms with van der Waals surface area (Å²) in [6.45, 7) is 2.15. The molecular weight excluding hydrogens is 260 g/mol. The summed E-state index contributed by atoms with van der Waals surface area (Å²) in [5.41, 5.74) is 1.50. The second-order valence-electron chi connectivity index (χ2n) is 4.70. The fourth-order valence-electron chi connectivity index (χ4n) is 2.33. The first-order chi connectivity index (χ1) is 9.36. The molecule has 102 valence electrons. The van der Waals surface area contributed by atoms with Crippen molar-refractivity contribution in [2.24, 2.45) is 0 Å². The van der Waals surface area contributed by atoms with Crippen LogP contribution >= 0.6 is 11.3 Å². The molecule has 3 rings (SSSR count). The monoisotopic (exact) mass is 278 g/mol. The molecule has 2 aromatic rings. The van der Waals surface area contributed by atoms with Crippen molar-refractivity contribution in [1.82, 2.24) is 10.3 Å². The van der Waals surface area contributed by atoms with E-state index in [2.05, 4.69) is 16.4 Å². The third-order valence-electron chi connectivity index (χ3n) is 3.30. The number of rotatable bonds is 6. The van der Waals surface area contributed by atoms with Crippen molar-refractivity contribution < 1.29 is 9.15 Å². The van der Waals surface area contributed by atoms with E-state index in [0.717, 1.165) is 18.2 Å². The van der Waals surface area contributed by atoms with Crippen LogP contribution in [0, 0.1) is 0 Å². The van der Waals surface area contributed by atoms with Gasteiger partial charge in [0.15, 0.2) is 5.76 Å². The molecule has 1 aliphatic carbocycles. The lowest BCUT2D eigenvalue weighted by molar-refractivity contribution is 0.198. The Balaban J connectivity index is 1.63. The average Bonchev–Trinajstić information content (AvgIpc) is 3.08. The Morgan fingerprint density at radius 3 is 3.26 bits per heavy atom. The predicted octanol–water partition coefficient (Wildman–Crippen LogP) is 2.63. The van der Waals surface area contributed by atoms with Crippen LogP contribution < -0.4 is 5.32 Å². The third kappa shape index (κ3) is 2.88. The van der Waals surface area contributed by atoms with Gasteiger partial charge in [0.25, 0.3) is 0 Å². The highest BCUT2D eigenvalue weighted by molar-refractivity contribution is 7.15. The van der Waals surface area contributed by atoms with Crippen molar-refractivity contribution >= 4 is 11.3 Å². The van der Waals surface area contributed by atoms with Gasteiger partial charge in [-0.1, -0.05) is 0 Å².